The Morgan fingerprint density at radius 1 is 1.32 bits per heavy atom. The van der Waals surface area contributed by atoms with E-state index in [1.807, 2.05) is 27.8 Å². The molecule has 0 spiro atoms. The predicted molar refractivity (Wildman–Crippen MR) is 80.4 cm³/mol. The van der Waals surface area contributed by atoms with Gasteiger partial charge in [0.25, 0.3) is 5.91 Å². The Kier molecular flexibility index (Phi) is 4.26. The first kappa shape index (κ1) is 16.5. The SMILES string of the molecule is CC(C)(C)C(=O)[N+]1(C)CCOc2cc(C(=O)NO)ccc2C1. The molecule has 22 heavy (non-hydrogen) atoms. The zero-order valence-corrected chi connectivity index (χ0v) is 13.5. The minimum absolute atomic E-state index is 0.154. The van der Waals surface area contributed by atoms with Crippen LogP contribution in [0.15, 0.2) is 18.2 Å². The van der Waals surface area contributed by atoms with Gasteiger partial charge in [0.05, 0.1) is 12.5 Å². The minimum Gasteiger partial charge on any atom is -0.487 e. The second-order valence-electron chi connectivity index (χ2n) is 6.94. The summed E-state index contributed by atoms with van der Waals surface area (Å²) in [5, 5.41) is 8.71. The molecule has 0 radical (unpaired) electrons. The van der Waals surface area contributed by atoms with Gasteiger partial charge in [-0.25, -0.2) is 10.3 Å². The third-order valence-electron chi connectivity index (χ3n) is 3.92. The van der Waals surface area contributed by atoms with Crippen LogP contribution in [0.25, 0.3) is 0 Å². The van der Waals surface area contributed by atoms with Gasteiger partial charge < -0.3 is 4.74 Å². The standard InChI is InChI=1S/C16H22N2O4/c1-16(2,3)15(20)18(4)7-8-22-13-9-11(14(19)17-21)5-6-12(13)10-18/h5-6,9H,7-8,10H2,1-4H3,(H-,17,19,21)/p+1. The maximum absolute atomic E-state index is 12.7. The molecule has 2 amide bonds. The van der Waals surface area contributed by atoms with Gasteiger partial charge in [-0.05, 0) is 39.0 Å². The predicted octanol–water partition coefficient (Wildman–Crippen LogP) is 1.72. The lowest BCUT2D eigenvalue weighted by Crippen LogP contribution is -2.54. The van der Waals surface area contributed by atoms with E-state index in [0.717, 1.165) is 5.56 Å². The van der Waals surface area contributed by atoms with Gasteiger partial charge in [0.15, 0.2) is 0 Å². The Labute approximate surface area is 130 Å². The zero-order chi connectivity index (χ0) is 16.5. The highest BCUT2D eigenvalue weighted by Gasteiger charge is 2.42. The summed E-state index contributed by atoms with van der Waals surface area (Å²) in [6, 6.07) is 4.99. The Bertz CT molecular complexity index is 607. The minimum atomic E-state index is -0.585. The molecule has 0 saturated heterocycles. The van der Waals surface area contributed by atoms with Crippen LogP contribution in [0.3, 0.4) is 0 Å². The molecule has 120 valence electrons. The van der Waals surface area contributed by atoms with Crippen LogP contribution < -0.4 is 10.2 Å². The molecule has 1 unspecified atom stereocenters. The summed E-state index contributed by atoms with van der Waals surface area (Å²) in [5.74, 6) is 0.157. The van der Waals surface area contributed by atoms with Gasteiger partial charge >= 0.3 is 5.91 Å². The van der Waals surface area contributed by atoms with E-state index in [0.29, 0.717) is 31.0 Å². The van der Waals surface area contributed by atoms with Crippen molar-refractivity contribution in [3.8, 4) is 5.75 Å². The van der Waals surface area contributed by atoms with E-state index < -0.39 is 11.3 Å². The van der Waals surface area contributed by atoms with Crippen LogP contribution in [0.5, 0.6) is 5.75 Å². The molecule has 0 fully saturated rings. The van der Waals surface area contributed by atoms with Crippen molar-refractivity contribution in [2.45, 2.75) is 27.3 Å². The highest BCUT2D eigenvalue weighted by Crippen LogP contribution is 2.31. The van der Waals surface area contributed by atoms with Crippen molar-refractivity contribution in [1.29, 1.82) is 0 Å². The van der Waals surface area contributed by atoms with Crippen LogP contribution in [-0.2, 0) is 11.3 Å². The highest BCUT2D eigenvalue weighted by atomic mass is 16.5. The van der Waals surface area contributed by atoms with Crippen LogP contribution in [0.4, 0.5) is 0 Å². The molecule has 0 aromatic heterocycles. The molecule has 1 aromatic carbocycles. The zero-order valence-electron chi connectivity index (χ0n) is 13.5. The van der Waals surface area contributed by atoms with Crippen molar-refractivity contribution in [3.63, 3.8) is 0 Å². The molecule has 1 aliphatic rings. The van der Waals surface area contributed by atoms with Crippen molar-refractivity contribution < 1.29 is 24.0 Å². The van der Waals surface area contributed by atoms with Gasteiger partial charge in [0.1, 0.15) is 25.4 Å². The fourth-order valence-corrected chi connectivity index (χ4v) is 2.82. The van der Waals surface area contributed by atoms with Crippen molar-refractivity contribution in [1.82, 2.24) is 5.48 Å². The molecular weight excluding hydrogens is 284 g/mol. The molecule has 1 heterocycles. The number of carbonyl (C=O) groups is 2. The summed E-state index contributed by atoms with van der Waals surface area (Å²) in [5.41, 5.74) is 2.37. The fraction of sp³-hybridized carbons (Fsp3) is 0.500. The Balaban J connectivity index is 2.35. The average molecular weight is 307 g/mol. The quantitative estimate of drug-likeness (QED) is 0.470. The number of nitrogens with one attached hydrogen (secondary N) is 1. The van der Waals surface area contributed by atoms with Crippen molar-refractivity contribution in [2.24, 2.45) is 5.41 Å². The topological polar surface area (TPSA) is 75.6 Å². The van der Waals surface area contributed by atoms with E-state index in [1.165, 1.54) is 0 Å². The fourth-order valence-electron chi connectivity index (χ4n) is 2.82. The third kappa shape index (κ3) is 3.13. The van der Waals surface area contributed by atoms with Gasteiger partial charge in [-0.15, -0.1) is 0 Å². The molecule has 1 aliphatic heterocycles. The number of benzene rings is 1. The number of rotatable bonds is 1. The van der Waals surface area contributed by atoms with Gasteiger partial charge in [0.2, 0.25) is 0 Å². The second-order valence-corrected chi connectivity index (χ2v) is 6.94. The van der Waals surface area contributed by atoms with E-state index in [4.69, 9.17) is 9.94 Å². The molecular formula is C16H23N2O4+. The third-order valence-corrected chi connectivity index (χ3v) is 3.92. The van der Waals surface area contributed by atoms with E-state index in [-0.39, 0.29) is 10.4 Å². The molecule has 6 nitrogen and oxygen atoms in total. The lowest BCUT2D eigenvalue weighted by Gasteiger charge is -2.34. The van der Waals surface area contributed by atoms with Crippen LogP contribution in [0.2, 0.25) is 0 Å². The number of quaternary nitrogens is 1. The molecule has 2 rings (SSSR count). The van der Waals surface area contributed by atoms with Crippen LogP contribution in [-0.4, -0.2) is 41.7 Å². The first-order valence-corrected chi connectivity index (χ1v) is 7.27. The Morgan fingerprint density at radius 2 is 2.00 bits per heavy atom. The highest BCUT2D eigenvalue weighted by molar-refractivity contribution is 5.93. The van der Waals surface area contributed by atoms with Crippen LogP contribution >= 0.6 is 0 Å². The first-order chi connectivity index (χ1) is 10.2. The molecule has 0 saturated carbocycles. The smallest absolute Gasteiger partial charge is 0.319 e. The molecule has 0 bridgehead atoms. The van der Waals surface area contributed by atoms with Gasteiger partial charge in [-0.3, -0.25) is 14.5 Å². The second kappa shape index (κ2) is 5.70. The number of amides is 2. The van der Waals surface area contributed by atoms with E-state index in [9.17, 15) is 9.59 Å². The number of ether oxygens (including phenoxy) is 1. The maximum Gasteiger partial charge on any atom is 0.319 e. The van der Waals surface area contributed by atoms with E-state index >= 15 is 0 Å². The van der Waals surface area contributed by atoms with Crippen LogP contribution in [0, 0.1) is 5.41 Å². The number of likely N-dealkylation sites (N-methyl/N-ethyl adjacent to an activating group) is 1. The average Bonchev–Trinajstić information content (AvgIpc) is 2.62. The summed E-state index contributed by atoms with van der Waals surface area (Å²) in [6.45, 7) is 7.24. The number of fused-ring (bicyclic) bond motifs is 1. The van der Waals surface area contributed by atoms with E-state index in [1.54, 1.807) is 23.7 Å². The maximum atomic E-state index is 12.7. The van der Waals surface area contributed by atoms with Gasteiger partial charge in [-0.2, -0.15) is 0 Å². The largest absolute Gasteiger partial charge is 0.487 e. The number of nitrogens with zero attached hydrogens (tertiary/aromatic N) is 1. The van der Waals surface area contributed by atoms with Crippen molar-refractivity contribution in [2.75, 3.05) is 20.2 Å². The van der Waals surface area contributed by atoms with Gasteiger partial charge in [0, 0.05) is 11.1 Å². The van der Waals surface area contributed by atoms with Gasteiger partial charge in [-0.1, -0.05) is 0 Å². The summed E-state index contributed by atoms with van der Waals surface area (Å²) >= 11 is 0. The number of carbonyl (C=O) groups excluding carboxylic acids is 2. The Hall–Kier alpha value is -1.92. The Morgan fingerprint density at radius 3 is 2.59 bits per heavy atom. The monoisotopic (exact) mass is 307 g/mol. The molecule has 1 aromatic rings. The normalized spacial score (nSPS) is 21.3. The van der Waals surface area contributed by atoms with Crippen molar-refractivity contribution in [3.05, 3.63) is 29.3 Å². The summed E-state index contributed by atoms with van der Waals surface area (Å²) in [7, 11) is 1.92. The molecule has 0 aliphatic carbocycles. The summed E-state index contributed by atoms with van der Waals surface area (Å²) in [6.07, 6.45) is 0. The number of hydrogen-bond donors (Lipinski definition) is 2. The van der Waals surface area contributed by atoms with Crippen LogP contribution in [0.1, 0.15) is 36.7 Å². The first-order valence-electron chi connectivity index (χ1n) is 7.27. The number of hydroxylamine groups is 1. The van der Waals surface area contributed by atoms with Crippen molar-refractivity contribution >= 4 is 11.8 Å². The number of hydrogen-bond acceptors (Lipinski definition) is 4. The van der Waals surface area contributed by atoms with E-state index in [2.05, 4.69) is 0 Å². The lowest BCUT2D eigenvalue weighted by molar-refractivity contribution is -0.850. The molecule has 1 atom stereocenters. The lowest BCUT2D eigenvalue weighted by atomic mass is 9.93. The summed E-state index contributed by atoms with van der Waals surface area (Å²) < 4.78 is 5.98. The molecule has 2 N–H and O–H groups in total. The molecule has 6 heteroatoms. The summed E-state index contributed by atoms with van der Waals surface area (Å²) in [4.78, 5) is 24.2.